The Balaban J connectivity index is 2.52. The number of nitrogens with one attached hydrogen (secondary N) is 1. The van der Waals surface area contributed by atoms with E-state index in [9.17, 15) is 9.59 Å². The Morgan fingerprint density at radius 3 is 2.94 bits per heavy atom. The molecule has 1 aliphatic heterocycles. The highest BCUT2D eigenvalue weighted by Gasteiger charge is 2.24. The molecule has 0 aromatic rings. The van der Waals surface area contributed by atoms with E-state index < -0.39 is 0 Å². The predicted molar refractivity (Wildman–Crippen MR) is 64.5 cm³/mol. The maximum absolute atomic E-state index is 11.5. The maximum Gasteiger partial charge on any atom is 0.320 e. The molecule has 1 saturated heterocycles. The summed E-state index contributed by atoms with van der Waals surface area (Å²) < 4.78 is 4.94. The van der Waals surface area contributed by atoms with Gasteiger partial charge in [-0.2, -0.15) is 0 Å². The first-order valence-corrected chi connectivity index (χ1v) is 6.33. The number of rotatable bonds is 5. The molecule has 1 unspecified atom stereocenters. The summed E-state index contributed by atoms with van der Waals surface area (Å²) in [4.78, 5) is 25.0. The van der Waals surface area contributed by atoms with Gasteiger partial charge in [0.15, 0.2) is 0 Å². The number of esters is 1. The molecule has 0 spiro atoms. The van der Waals surface area contributed by atoms with Crippen molar-refractivity contribution in [3.63, 3.8) is 0 Å². The predicted octanol–water partition coefficient (Wildman–Crippen LogP) is 0.540. The highest BCUT2D eigenvalue weighted by atomic mass is 16.5. The van der Waals surface area contributed by atoms with Crippen LogP contribution in [0.5, 0.6) is 0 Å². The van der Waals surface area contributed by atoms with Gasteiger partial charge >= 0.3 is 5.97 Å². The lowest BCUT2D eigenvalue weighted by atomic mass is 10.1. The largest absolute Gasteiger partial charge is 0.465 e. The normalized spacial score (nSPS) is 20.9. The Kier molecular flexibility index (Phi) is 5.97. The first kappa shape index (κ1) is 14.0. The van der Waals surface area contributed by atoms with Crippen molar-refractivity contribution in [2.24, 2.45) is 0 Å². The van der Waals surface area contributed by atoms with Crippen LogP contribution in [0.1, 0.15) is 33.1 Å². The van der Waals surface area contributed by atoms with Crippen LogP contribution >= 0.6 is 0 Å². The maximum atomic E-state index is 11.5. The quantitative estimate of drug-likeness (QED) is 0.715. The monoisotopic (exact) mass is 242 g/mol. The van der Waals surface area contributed by atoms with E-state index in [1.807, 2.05) is 11.8 Å². The van der Waals surface area contributed by atoms with Crippen LogP contribution in [0.3, 0.4) is 0 Å². The third kappa shape index (κ3) is 4.73. The van der Waals surface area contributed by atoms with Gasteiger partial charge in [-0.3, -0.25) is 14.5 Å². The highest BCUT2D eigenvalue weighted by molar-refractivity contribution is 5.77. The zero-order valence-electron chi connectivity index (χ0n) is 10.7. The van der Waals surface area contributed by atoms with E-state index in [4.69, 9.17) is 4.74 Å². The molecule has 5 nitrogen and oxygen atoms in total. The minimum Gasteiger partial charge on any atom is -0.465 e. The van der Waals surface area contributed by atoms with Crippen molar-refractivity contribution < 1.29 is 14.3 Å². The molecule has 0 saturated carbocycles. The lowest BCUT2D eigenvalue weighted by molar-refractivity contribution is -0.145. The average molecular weight is 242 g/mol. The summed E-state index contributed by atoms with van der Waals surface area (Å²) in [7, 11) is 0. The Morgan fingerprint density at radius 1 is 1.53 bits per heavy atom. The smallest absolute Gasteiger partial charge is 0.320 e. The van der Waals surface area contributed by atoms with Gasteiger partial charge in [-0.1, -0.05) is 6.92 Å². The molecule has 0 aromatic carbocycles. The van der Waals surface area contributed by atoms with Gasteiger partial charge in [-0.15, -0.1) is 0 Å². The average Bonchev–Trinajstić information content (AvgIpc) is 2.51. The molecule has 1 rings (SSSR count). The molecule has 1 fully saturated rings. The molecular formula is C12H22N2O3. The highest BCUT2D eigenvalue weighted by Crippen LogP contribution is 2.13. The van der Waals surface area contributed by atoms with Gasteiger partial charge < -0.3 is 10.1 Å². The molecule has 0 aliphatic carbocycles. The second-order valence-electron chi connectivity index (χ2n) is 4.22. The van der Waals surface area contributed by atoms with Crippen LogP contribution < -0.4 is 5.32 Å². The van der Waals surface area contributed by atoms with Crippen LogP contribution in [0.4, 0.5) is 0 Å². The molecule has 0 bridgehead atoms. The first-order chi connectivity index (χ1) is 8.17. The van der Waals surface area contributed by atoms with E-state index in [0.29, 0.717) is 13.0 Å². The summed E-state index contributed by atoms with van der Waals surface area (Å²) in [5.41, 5.74) is 0. The molecular weight excluding hydrogens is 220 g/mol. The summed E-state index contributed by atoms with van der Waals surface area (Å²) in [5.74, 6) is -0.131. The minimum atomic E-state index is -0.209. The summed E-state index contributed by atoms with van der Waals surface area (Å²) >= 11 is 0. The van der Waals surface area contributed by atoms with Crippen molar-refractivity contribution in [2.75, 3.05) is 26.2 Å². The van der Waals surface area contributed by atoms with Gasteiger partial charge in [-0.05, 0) is 26.3 Å². The Morgan fingerprint density at radius 2 is 2.29 bits per heavy atom. The van der Waals surface area contributed by atoms with Gasteiger partial charge in [-0.25, -0.2) is 0 Å². The van der Waals surface area contributed by atoms with Crippen molar-refractivity contribution in [1.29, 1.82) is 0 Å². The van der Waals surface area contributed by atoms with Crippen LogP contribution in [0, 0.1) is 0 Å². The molecule has 1 N–H and O–H groups in total. The number of nitrogens with zero attached hydrogens (tertiary/aromatic N) is 1. The number of ether oxygens (including phenoxy) is 1. The Bertz CT molecular complexity index is 268. The van der Waals surface area contributed by atoms with Crippen LogP contribution in [0.15, 0.2) is 0 Å². The van der Waals surface area contributed by atoms with Crippen LogP contribution in [-0.4, -0.2) is 49.1 Å². The number of carbonyl (C=O) groups excluding carboxylic acids is 2. The number of amides is 1. The fraction of sp³-hybridized carbons (Fsp3) is 0.833. The van der Waals surface area contributed by atoms with Crippen molar-refractivity contribution in [3.05, 3.63) is 0 Å². The van der Waals surface area contributed by atoms with Crippen LogP contribution in [0.25, 0.3) is 0 Å². The van der Waals surface area contributed by atoms with Crippen LogP contribution in [-0.2, 0) is 14.3 Å². The fourth-order valence-electron chi connectivity index (χ4n) is 2.14. The summed E-state index contributed by atoms with van der Waals surface area (Å²) in [5, 5.41) is 2.85. The van der Waals surface area contributed by atoms with E-state index in [0.717, 1.165) is 25.9 Å². The van der Waals surface area contributed by atoms with Gasteiger partial charge in [0.25, 0.3) is 0 Å². The SMILES string of the molecule is CCOC(=O)CN(CC)C1CCCNC(=O)C1. The topological polar surface area (TPSA) is 58.6 Å². The first-order valence-electron chi connectivity index (χ1n) is 6.33. The zero-order valence-corrected chi connectivity index (χ0v) is 10.7. The van der Waals surface area contributed by atoms with E-state index in [-0.39, 0.29) is 24.5 Å². The molecule has 1 aliphatic rings. The number of carbonyl (C=O) groups is 2. The molecule has 5 heteroatoms. The minimum absolute atomic E-state index is 0.0785. The van der Waals surface area contributed by atoms with Gasteiger partial charge in [0.2, 0.25) is 5.91 Å². The van der Waals surface area contributed by atoms with Crippen molar-refractivity contribution in [3.8, 4) is 0 Å². The lowest BCUT2D eigenvalue weighted by Crippen LogP contribution is -2.41. The van der Waals surface area contributed by atoms with Crippen LogP contribution in [0.2, 0.25) is 0 Å². The molecule has 1 atom stereocenters. The fourth-order valence-corrected chi connectivity index (χ4v) is 2.14. The number of hydrogen-bond donors (Lipinski definition) is 1. The van der Waals surface area contributed by atoms with E-state index >= 15 is 0 Å². The van der Waals surface area contributed by atoms with Crippen molar-refractivity contribution in [2.45, 2.75) is 39.2 Å². The van der Waals surface area contributed by atoms with Gasteiger partial charge in [0.05, 0.1) is 13.2 Å². The number of likely N-dealkylation sites (N-methyl/N-ethyl adjacent to an activating group) is 1. The second-order valence-corrected chi connectivity index (χ2v) is 4.22. The van der Waals surface area contributed by atoms with Crippen molar-refractivity contribution >= 4 is 11.9 Å². The number of hydrogen-bond acceptors (Lipinski definition) is 4. The Hall–Kier alpha value is -1.10. The second kappa shape index (κ2) is 7.27. The third-order valence-corrected chi connectivity index (χ3v) is 3.02. The van der Waals surface area contributed by atoms with Gasteiger partial charge in [0, 0.05) is 19.0 Å². The van der Waals surface area contributed by atoms with Gasteiger partial charge in [0.1, 0.15) is 0 Å². The Labute approximate surface area is 102 Å². The molecule has 0 radical (unpaired) electrons. The third-order valence-electron chi connectivity index (χ3n) is 3.02. The summed E-state index contributed by atoms with van der Waals surface area (Å²) in [6, 6.07) is 0.159. The molecule has 17 heavy (non-hydrogen) atoms. The summed E-state index contributed by atoms with van der Waals surface area (Å²) in [6.07, 6.45) is 2.40. The lowest BCUT2D eigenvalue weighted by Gasteiger charge is -2.28. The summed E-state index contributed by atoms with van der Waals surface area (Å²) in [6.45, 7) is 5.99. The van der Waals surface area contributed by atoms with Crippen molar-refractivity contribution in [1.82, 2.24) is 10.2 Å². The van der Waals surface area contributed by atoms with E-state index in [2.05, 4.69) is 5.32 Å². The molecule has 98 valence electrons. The molecule has 1 heterocycles. The molecule has 0 aromatic heterocycles. The van der Waals surface area contributed by atoms with E-state index in [1.165, 1.54) is 0 Å². The standard InChI is InChI=1S/C12H22N2O3/c1-3-14(9-12(16)17-4-2)10-6-5-7-13-11(15)8-10/h10H,3-9H2,1-2H3,(H,13,15). The zero-order chi connectivity index (χ0) is 12.7. The molecule has 1 amide bonds. The van der Waals surface area contributed by atoms with E-state index in [1.54, 1.807) is 6.92 Å².